The van der Waals surface area contributed by atoms with Gasteiger partial charge in [0.1, 0.15) is 0 Å². The summed E-state index contributed by atoms with van der Waals surface area (Å²) in [6.45, 7) is 10.4. The Morgan fingerprint density at radius 2 is 2.00 bits per heavy atom. The van der Waals surface area contributed by atoms with Crippen LogP contribution in [-0.2, 0) is 11.3 Å². The van der Waals surface area contributed by atoms with Gasteiger partial charge in [-0.3, -0.25) is 9.89 Å². The van der Waals surface area contributed by atoms with E-state index in [1.54, 1.807) is 0 Å². The molecule has 1 rings (SSSR count). The highest BCUT2D eigenvalue weighted by Crippen LogP contribution is 2.08. The van der Waals surface area contributed by atoms with Crippen LogP contribution in [0.3, 0.4) is 0 Å². The molecule has 3 N–H and O–H groups in total. The molecule has 0 aromatic carbocycles. The second-order valence-corrected chi connectivity index (χ2v) is 4.68. The van der Waals surface area contributed by atoms with Crippen molar-refractivity contribution in [3.8, 4) is 0 Å². The Bertz CT molecular complexity index is 364. The third-order valence-electron chi connectivity index (χ3n) is 2.69. The van der Waals surface area contributed by atoms with E-state index in [9.17, 15) is 4.79 Å². The maximum atomic E-state index is 11.7. The summed E-state index contributed by atoms with van der Waals surface area (Å²) in [5, 5.41) is 13.1. The molecule has 1 amide bonds. The first-order valence-corrected chi connectivity index (χ1v) is 5.96. The van der Waals surface area contributed by atoms with E-state index in [4.69, 9.17) is 0 Å². The number of rotatable bonds is 5. The Morgan fingerprint density at radius 1 is 1.35 bits per heavy atom. The fourth-order valence-electron chi connectivity index (χ4n) is 1.59. The highest BCUT2D eigenvalue weighted by molar-refractivity contribution is 5.81. The van der Waals surface area contributed by atoms with Gasteiger partial charge in [-0.25, -0.2) is 0 Å². The second kappa shape index (κ2) is 5.82. The SMILES string of the molecule is Cc1n[nH]c(C)c1CNC(C)C(=O)NC(C)C. The lowest BCUT2D eigenvalue weighted by Gasteiger charge is -2.16. The summed E-state index contributed by atoms with van der Waals surface area (Å²) in [6.07, 6.45) is 0. The van der Waals surface area contributed by atoms with Crippen molar-refractivity contribution in [2.24, 2.45) is 0 Å². The number of aromatic nitrogens is 2. The highest BCUT2D eigenvalue weighted by atomic mass is 16.2. The van der Waals surface area contributed by atoms with Gasteiger partial charge >= 0.3 is 0 Å². The Balaban J connectivity index is 2.48. The number of hydrogen-bond donors (Lipinski definition) is 3. The number of hydrogen-bond acceptors (Lipinski definition) is 3. The number of aromatic amines is 1. The Labute approximate surface area is 102 Å². The summed E-state index contributed by atoms with van der Waals surface area (Å²) in [5.74, 6) is 0.0267. The summed E-state index contributed by atoms with van der Waals surface area (Å²) in [7, 11) is 0. The van der Waals surface area contributed by atoms with Gasteiger partial charge in [0.15, 0.2) is 0 Å². The summed E-state index contributed by atoms with van der Waals surface area (Å²) in [5.41, 5.74) is 3.16. The van der Waals surface area contributed by atoms with Gasteiger partial charge in [-0.05, 0) is 34.6 Å². The zero-order valence-electron chi connectivity index (χ0n) is 11.2. The lowest BCUT2D eigenvalue weighted by molar-refractivity contribution is -0.123. The summed E-state index contributed by atoms with van der Waals surface area (Å²) in [4.78, 5) is 11.7. The molecule has 1 unspecified atom stereocenters. The van der Waals surface area contributed by atoms with Crippen LogP contribution in [0, 0.1) is 13.8 Å². The van der Waals surface area contributed by atoms with Gasteiger partial charge in [-0.2, -0.15) is 5.10 Å². The zero-order chi connectivity index (χ0) is 13.0. The number of nitrogens with one attached hydrogen (secondary N) is 3. The molecule has 1 aromatic heterocycles. The van der Waals surface area contributed by atoms with E-state index in [0.29, 0.717) is 6.54 Å². The van der Waals surface area contributed by atoms with Crippen molar-refractivity contribution in [2.75, 3.05) is 0 Å². The van der Waals surface area contributed by atoms with Gasteiger partial charge in [-0.1, -0.05) is 0 Å². The maximum absolute atomic E-state index is 11.7. The molecule has 1 aromatic rings. The lowest BCUT2D eigenvalue weighted by atomic mass is 10.2. The Morgan fingerprint density at radius 3 is 2.47 bits per heavy atom. The Kier molecular flexibility index (Phi) is 4.69. The van der Waals surface area contributed by atoms with Crippen LogP contribution in [0.25, 0.3) is 0 Å². The normalized spacial score (nSPS) is 12.8. The highest BCUT2D eigenvalue weighted by Gasteiger charge is 2.14. The predicted molar refractivity (Wildman–Crippen MR) is 67.6 cm³/mol. The van der Waals surface area contributed by atoms with E-state index < -0.39 is 0 Å². The van der Waals surface area contributed by atoms with Crippen LogP contribution in [0.15, 0.2) is 0 Å². The van der Waals surface area contributed by atoms with Crippen LogP contribution in [0.4, 0.5) is 0 Å². The van der Waals surface area contributed by atoms with Crippen LogP contribution in [0.5, 0.6) is 0 Å². The van der Waals surface area contributed by atoms with E-state index in [-0.39, 0.29) is 18.0 Å². The van der Waals surface area contributed by atoms with Gasteiger partial charge in [0.25, 0.3) is 0 Å². The molecular formula is C12H22N4O. The van der Waals surface area contributed by atoms with Crippen LogP contribution in [-0.4, -0.2) is 28.2 Å². The first kappa shape index (κ1) is 13.7. The predicted octanol–water partition coefficient (Wildman–Crippen LogP) is 1.03. The standard InChI is InChI=1S/C12H22N4O/c1-7(2)14-12(17)10(5)13-6-11-8(3)15-16-9(11)4/h7,10,13H,6H2,1-5H3,(H,14,17)(H,15,16). The van der Waals surface area contributed by atoms with E-state index in [1.807, 2.05) is 34.6 Å². The number of carbonyl (C=O) groups excluding carboxylic acids is 1. The smallest absolute Gasteiger partial charge is 0.237 e. The van der Waals surface area contributed by atoms with Crippen LogP contribution in [0.1, 0.15) is 37.7 Å². The van der Waals surface area contributed by atoms with Crippen LogP contribution < -0.4 is 10.6 Å². The molecule has 0 radical (unpaired) electrons. The van der Waals surface area contributed by atoms with Crippen molar-refractivity contribution in [2.45, 2.75) is 53.2 Å². The van der Waals surface area contributed by atoms with Gasteiger partial charge in [0.2, 0.25) is 5.91 Å². The van der Waals surface area contributed by atoms with E-state index >= 15 is 0 Å². The molecule has 0 saturated heterocycles. The fourth-order valence-corrected chi connectivity index (χ4v) is 1.59. The molecule has 0 bridgehead atoms. The molecule has 96 valence electrons. The van der Waals surface area contributed by atoms with Gasteiger partial charge < -0.3 is 10.6 Å². The molecule has 0 fully saturated rings. The quantitative estimate of drug-likeness (QED) is 0.717. The molecule has 0 aliphatic heterocycles. The molecule has 0 spiro atoms. The maximum Gasteiger partial charge on any atom is 0.237 e. The number of carbonyl (C=O) groups is 1. The first-order chi connectivity index (χ1) is 7.91. The van der Waals surface area contributed by atoms with E-state index in [0.717, 1.165) is 17.0 Å². The largest absolute Gasteiger partial charge is 0.353 e. The summed E-state index contributed by atoms with van der Waals surface area (Å²) >= 11 is 0. The van der Waals surface area contributed by atoms with Crippen molar-refractivity contribution in [1.29, 1.82) is 0 Å². The van der Waals surface area contributed by atoms with Crippen molar-refractivity contribution >= 4 is 5.91 Å². The van der Waals surface area contributed by atoms with Crippen molar-refractivity contribution in [3.05, 3.63) is 17.0 Å². The molecule has 17 heavy (non-hydrogen) atoms. The summed E-state index contributed by atoms with van der Waals surface area (Å²) in [6, 6.07) is -0.0322. The number of H-pyrrole nitrogens is 1. The molecule has 5 nitrogen and oxygen atoms in total. The average Bonchev–Trinajstić information content (AvgIpc) is 2.54. The molecule has 5 heteroatoms. The van der Waals surface area contributed by atoms with Gasteiger partial charge in [0, 0.05) is 23.8 Å². The molecule has 1 atom stereocenters. The molecule has 1 heterocycles. The minimum atomic E-state index is -0.203. The fraction of sp³-hybridized carbons (Fsp3) is 0.667. The van der Waals surface area contributed by atoms with E-state index in [2.05, 4.69) is 20.8 Å². The average molecular weight is 238 g/mol. The minimum absolute atomic E-state index is 0.0267. The first-order valence-electron chi connectivity index (χ1n) is 5.96. The summed E-state index contributed by atoms with van der Waals surface area (Å²) < 4.78 is 0. The van der Waals surface area contributed by atoms with Crippen molar-refractivity contribution in [3.63, 3.8) is 0 Å². The van der Waals surface area contributed by atoms with Gasteiger partial charge in [0.05, 0.1) is 11.7 Å². The number of aryl methyl sites for hydroxylation is 2. The van der Waals surface area contributed by atoms with Gasteiger partial charge in [-0.15, -0.1) is 0 Å². The zero-order valence-corrected chi connectivity index (χ0v) is 11.2. The third kappa shape index (κ3) is 3.85. The molecule has 0 saturated carbocycles. The lowest BCUT2D eigenvalue weighted by Crippen LogP contribution is -2.44. The van der Waals surface area contributed by atoms with Crippen LogP contribution in [0.2, 0.25) is 0 Å². The monoisotopic (exact) mass is 238 g/mol. The molecular weight excluding hydrogens is 216 g/mol. The minimum Gasteiger partial charge on any atom is -0.353 e. The Hall–Kier alpha value is -1.36. The van der Waals surface area contributed by atoms with Crippen molar-refractivity contribution < 1.29 is 4.79 Å². The number of nitrogens with zero attached hydrogens (tertiary/aromatic N) is 1. The third-order valence-corrected chi connectivity index (χ3v) is 2.69. The topological polar surface area (TPSA) is 69.8 Å². The van der Waals surface area contributed by atoms with E-state index in [1.165, 1.54) is 0 Å². The molecule has 0 aliphatic rings. The second-order valence-electron chi connectivity index (χ2n) is 4.68. The van der Waals surface area contributed by atoms with Crippen LogP contribution >= 0.6 is 0 Å². The molecule has 0 aliphatic carbocycles. The van der Waals surface area contributed by atoms with Crippen molar-refractivity contribution in [1.82, 2.24) is 20.8 Å². The number of amides is 1.